The van der Waals surface area contributed by atoms with Crippen molar-refractivity contribution in [2.24, 2.45) is 0 Å². The van der Waals surface area contributed by atoms with Crippen molar-refractivity contribution in [2.75, 3.05) is 14.2 Å². The van der Waals surface area contributed by atoms with Crippen LogP contribution in [-0.4, -0.2) is 37.1 Å². The first-order chi connectivity index (χ1) is 9.85. The third-order valence-corrected chi connectivity index (χ3v) is 3.49. The Kier molecular flexibility index (Phi) is 4.13. The minimum Gasteiger partial charge on any atom is -0.465 e. The molecule has 0 aliphatic carbocycles. The van der Waals surface area contributed by atoms with E-state index in [1.165, 1.54) is 18.2 Å². The van der Waals surface area contributed by atoms with Crippen LogP contribution in [0.5, 0.6) is 5.75 Å². The van der Waals surface area contributed by atoms with Crippen molar-refractivity contribution >= 4 is 41.2 Å². The van der Waals surface area contributed by atoms with Gasteiger partial charge in [-0.3, -0.25) is 0 Å². The number of rotatable bonds is 2. The van der Waals surface area contributed by atoms with Gasteiger partial charge in [0.15, 0.2) is 5.75 Å². The molecular weight excluding hydrogens is 323 g/mol. The molecule has 112 valence electrons. The second kappa shape index (κ2) is 5.55. The highest BCUT2D eigenvalue weighted by molar-refractivity contribution is 6.36. The highest BCUT2D eigenvalue weighted by Gasteiger charge is 2.51. The Bertz CT molecular complexity index is 654. The fourth-order valence-electron chi connectivity index (χ4n) is 1.83. The molecule has 0 saturated carbocycles. The van der Waals surface area contributed by atoms with Crippen molar-refractivity contribution in [2.45, 2.75) is 5.79 Å². The van der Waals surface area contributed by atoms with Crippen LogP contribution in [0.3, 0.4) is 0 Å². The summed E-state index contributed by atoms with van der Waals surface area (Å²) >= 11 is 12.0. The van der Waals surface area contributed by atoms with Crippen LogP contribution >= 0.6 is 23.2 Å². The fraction of sp³-hybridized carbons (Fsp3) is 0.231. The van der Waals surface area contributed by atoms with Crippen molar-refractivity contribution in [3.8, 4) is 5.75 Å². The molecule has 0 aromatic heterocycles. The lowest BCUT2D eigenvalue weighted by Crippen LogP contribution is -2.50. The zero-order chi connectivity index (χ0) is 15.8. The maximum Gasteiger partial charge on any atom is 0.384 e. The van der Waals surface area contributed by atoms with Gasteiger partial charge in [-0.15, -0.1) is 0 Å². The standard InChI is InChI=1S/C13H10Cl2O6/c1-19-11(16)7-5-6-8(14)3-4-9(15)10(6)21-13(7,18)12(17)20-2/h3-5,18H,1-2H3. The molecule has 6 nitrogen and oxygen atoms in total. The number of fused-ring (bicyclic) bond motifs is 1. The lowest BCUT2D eigenvalue weighted by atomic mass is 9.98. The summed E-state index contributed by atoms with van der Waals surface area (Å²) in [6, 6.07) is 2.91. The summed E-state index contributed by atoms with van der Waals surface area (Å²) in [4.78, 5) is 23.6. The molecule has 0 bridgehead atoms. The molecule has 0 radical (unpaired) electrons. The summed E-state index contributed by atoms with van der Waals surface area (Å²) in [6.45, 7) is 0. The van der Waals surface area contributed by atoms with E-state index >= 15 is 0 Å². The van der Waals surface area contributed by atoms with E-state index in [1.54, 1.807) is 0 Å². The number of carbonyl (C=O) groups excluding carboxylic acids is 2. The molecule has 0 fully saturated rings. The van der Waals surface area contributed by atoms with Gasteiger partial charge >= 0.3 is 17.7 Å². The van der Waals surface area contributed by atoms with Gasteiger partial charge in [0, 0.05) is 5.56 Å². The van der Waals surface area contributed by atoms with E-state index in [0.717, 1.165) is 14.2 Å². The van der Waals surface area contributed by atoms with Gasteiger partial charge in [-0.1, -0.05) is 23.2 Å². The van der Waals surface area contributed by atoms with Crippen LogP contribution in [-0.2, 0) is 19.1 Å². The molecule has 1 N–H and O–H groups in total. The smallest absolute Gasteiger partial charge is 0.384 e. The Morgan fingerprint density at radius 2 is 1.81 bits per heavy atom. The second-order valence-corrected chi connectivity index (χ2v) is 4.87. The first-order valence-corrected chi connectivity index (χ1v) is 6.39. The minimum atomic E-state index is -2.66. The third kappa shape index (κ3) is 2.46. The quantitative estimate of drug-likeness (QED) is 0.831. The maximum atomic E-state index is 11.8. The summed E-state index contributed by atoms with van der Waals surface area (Å²) in [5, 5.41) is 10.7. The molecule has 1 atom stereocenters. The largest absolute Gasteiger partial charge is 0.465 e. The number of benzene rings is 1. The van der Waals surface area contributed by atoms with Crippen molar-refractivity contribution < 1.29 is 28.9 Å². The Morgan fingerprint density at radius 3 is 2.38 bits per heavy atom. The first kappa shape index (κ1) is 15.6. The topological polar surface area (TPSA) is 82.1 Å². The number of halogens is 2. The summed E-state index contributed by atoms with van der Waals surface area (Å²) in [5.74, 6) is -4.86. The predicted octanol–water partition coefficient (Wildman–Crippen LogP) is 1.80. The van der Waals surface area contributed by atoms with Crippen LogP contribution in [0.15, 0.2) is 17.7 Å². The van der Waals surface area contributed by atoms with Gasteiger partial charge in [-0.05, 0) is 18.2 Å². The van der Waals surface area contributed by atoms with Gasteiger partial charge in [0.1, 0.15) is 5.57 Å². The Morgan fingerprint density at radius 1 is 1.19 bits per heavy atom. The van der Waals surface area contributed by atoms with Crippen molar-refractivity contribution in [1.29, 1.82) is 0 Å². The molecule has 0 spiro atoms. The number of hydrogen-bond donors (Lipinski definition) is 1. The van der Waals surface area contributed by atoms with Crippen molar-refractivity contribution in [3.63, 3.8) is 0 Å². The van der Waals surface area contributed by atoms with E-state index in [0.29, 0.717) is 0 Å². The van der Waals surface area contributed by atoms with E-state index < -0.39 is 23.3 Å². The number of methoxy groups -OCH3 is 2. The molecule has 0 amide bonds. The van der Waals surface area contributed by atoms with Crippen molar-refractivity contribution in [3.05, 3.63) is 33.3 Å². The van der Waals surface area contributed by atoms with Gasteiger partial charge in [0.05, 0.1) is 24.3 Å². The lowest BCUT2D eigenvalue weighted by Gasteiger charge is -2.31. The number of ether oxygens (including phenoxy) is 3. The van der Waals surface area contributed by atoms with E-state index in [9.17, 15) is 14.7 Å². The highest BCUT2D eigenvalue weighted by atomic mass is 35.5. The van der Waals surface area contributed by atoms with Crippen LogP contribution in [0.4, 0.5) is 0 Å². The van der Waals surface area contributed by atoms with E-state index in [4.69, 9.17) is 27.9 Å². The van der Waals surface area contributed by atoms with Gasteiger partial charge in [-0.2, -0.15) is 0 Å². The summed E-state index contributed by atoms with van der Waals surface area (Å²) < 4.78 is 14.2. The van der Waals surface area contributed by atoms with Gasteiger partial charge < -0.3 is 19.3 Å². The maximum absolute atomic E-state index is 11.8. The molecule has 1 aliphatic rings. The second-order valence-electron chi connectivity index (χ2n) is 4.06. The monoisotopic (exact) mass is 332 g/mol. The first-order valence-electron chi connectivity index (χ1n) is 5.63. The summed E-state index contributed by atoms with van der Waals surface area (Å²) in [6.07, 6.45) is 1.18. The predicted molar refractivity (Wildman–Crippen MR) is 74.0 cm³/mol. The van der Waals surface area contributed by atoms with Crippen molar-refractivity contribution in [1.82, 2.24) is 0 Å². The summed E-state index contributed by atoms with van der Waals surface area (Å²) in [5.41, 5.74) is -0.216. The normalized spacial score (nSPS) is 20.0. The average Bonchev–Trinajstić information content (AvgIpc) is 2.49. The zero-order valence-electron chi connectivity index (χ0n) is 11.0. The number of aliphatic hydroxyl groups is 1. The number of carbonyl (C=O) groups is 2. The molecule has 1 unspecified atom stereocenters. The molecule has 1 aliphatic heterocycles. The lowest BCUT2D eigenvalue weighted by molar-refractivity contribution is -0.189. The third-order valence-electron chi connectivity index (χ3n) is 2.87. The zero-order valence-corrected chi connectivity index (χ0v) is 12.5. The average molecular weight is 333 g/mol. The van der Waals surface area contributed by atoms with Crippen LogP contribution in [0.1, 0.15) is 5.56 Å². The number of hydrogen-bond acceptors (Lipinski definition) is 6. The summed E-state index contributed by atoms with van der Waals surface area (Å²) in [7, 11) is 2.13. The Hall–Kier alpha value is -1.76. The molecule has 8 heteroatoms. The van der Waals surface area contributed by atoms with Gasteiger partial charge in [0.25, 0.3) is 0 Å². The molecular formula is C13H10Cl2O6. The van der Waals surface area contributed by atoms with E-state index in [2.05, 4.69) is 9.47 Å². The number of esters is 2. The van der Waals surface area contributed by atoms with Gasteiger partial charge in [0.2, 0.25) is 0 Å². The molecule has 1 aromatic carbocycles. The highest BCUT2D eigenvalue weighted by Crippen LogP contribution is 2.43. The molecule has 2 rings (SSSR count). The van der Waals surface area contributed by atoms with Crippen LogP contribution in [0.25, 0.3) is 6.08 Å². The molecule has 21 heavy (non-hydrogen) atoms. The molecule has 0 saturated heterocycles. The molecule has 1 aromatic rings. The van der Waals surface area contributed by atoms with Crippen LogP contribution in [0, 0.1) is 0 Å². The fourth-order valence-corrected chi connectivity index (χ4v) is 2.24. The SMILES string of the molecule is COC(=O)C1=Cc2c(Cl)ccc(Cl)c2OC1(O)C(=O)OC. The van der Waals surface area contributed by atoms with Crippen LogP contribution < -0.4 is 4.74 Å². The van der Waals surface area contributed by atoms with E-state index in [-0.39, 0.29) is 21.4 Å². The minimum absolute atomic E-state index is 0.0373. The van der Waals surface area contributed by atoms with Gasteiger partial charge in [-0.25, -0.2) is 9.59 Å². The molecule has 1 heterocycles. The Balaban J connectivity index is 2.71. The Labute approximate surface area is 129 Å². The van der Waals surface area contributed by atoms with E-state index in [1.807, 2.05) is 0 Å². The van der Waals surface area contributed by atoms with Crippen LogP contribution in [0.2, 0.25) is 10.0 Å².